The lowest BCUT2D eigenvalue weighted by molar-refractivity contribution is -0.156. The minimum Gasteiger partial charge on any atom is -0.342 e. The highest BCUT2D eigenvalue weighted by atomic mass is 16.2. The van der Waals surface area contributed by atoms with Crippen molar-refractivity contribution >= 4 is 11.8 Å². The van der Waals surface area contributed by atoms with E-state index in [2.05, 4.69) is 26.1 Å². The van der Waals surface area contributed by atoms with Crippen LogP contribution in [0.15, 0.2) is 0 Å². The number of nitrogens with one attached hydrogen (secondary N) is 1. The van der Waals surface area contributed by atoms with E-state index in [4.69, 9.17) is 0 Å². The van der Waals surface area contributed by atoms with Gasteiger partial charge in [-0.1, -0.05) is 27.7 Å². The van der Waals surface area contributed by atoms with Crippen molar-refractivity contribution in [1.82, 2.24) is 10.2 Å². The Balaban J connectivity index is 3.06. The van der Waals surface area contributed by atoms with Crippen LogP contribution in [0.25, 0.3) is 0 Å². The molecule has 0 aromatic rings. The Hall–Kier alpha value is -1.06. The highest BCUT2D eigenvalue weighted by Crippen LogP contribution is 2.28. The molecule has 19 heavy (non-hydrogen) atoms. The van der Waals surface area contributed by atoms with Gasteiger partial charge in [-0.25, -0.2) is 0 Å². The molecule has 0 aromatic heterocycles. The van der Waals surface area contributed by atoms with Crippen molar-refractivity contribution in [3.63, 3.8) is 0 Å². The molecular formula is C15H28N2O2. The molecule has 1 heterocycles. The van der Waals surface area contributed by atoms with E-state index in [9.17, 15) is 9.59 Å². The zero-order valence-corrected chi connectivity index (χ0v) is 13.1. The first-order valence-corrected chi connectivity index (χ1v) is 7.38. The van der Waals surface area contributed by atoms with Gasteiger partial charge in [-0.3, -0.25) is 9.59 Å². The lowest BCUT2D eigenvalue weighted by Gasteiger charge is -2.47. The zero-order valence-electron chi connectivity index (χ0n) is 13.1. The lowest BCUT2D eigenvalue weighted by atomic mass is 9.90. The van der Waals surface area contributed by atoms with Gasteiger partial charge in [-0.05, 0) is 39.0 Å². The molecule has 4 nitrogen and oxygen atoms in total. The average Bonchev–Trinajstić information content (AvgIpc) is 2.32. The summed E-state index contributed by atoms with van der Waals surface area (Å²) < 4.78 is 0. The van der Waals surface area contributed by atoms with Gasteiger partial charge >= 0.3 is 0 Å². The molecule has 1 aliphatic rings. The number of amides is 2. The van der Waals surface area contributed by atoms with E-state index in [0.29, 0.717) is 18.8 Å². The quantitative estimate of drug-likeness (QED) is 0.832. The molecule has 0 aromatic carbocycles. The van der Waals surface area contributed by atoms with Crippen LogP contribution in [0.3, 0.4) is 0 Å². The first kappa shape index (κ1) is 16.0. The highest BCUT2D eigenvalue weighted by molar-refractivity contribution is 5.97. The Bertz CT molecular complexity index is 350. The van der Waals surface area contributed by atoms with E-state index in [1.165, 1.54) is 0 Å². The molecule has 1 aliphatic heterocycles. The molecule has 1 N–H and O–H groups in total. The van der Waals surface area contributed by atoms with Crippen molar-refractivity contribution in [1.29, 1.82) is 0 Å². The third-order valence-electron chi connectivity index (χ3n) is 4.08. The van der Waals surface area contributed by atoms with Gasteiger partial charge in [0.25, 0.3) is 0 Å². The monoisotopic (exact) mass is 268 g/mol. The van der Waals surface area contributed by atoms with Gasteiger partial charge in [-0.15, -0.1) is 0 Å². The van der Waals surface area contributed by atoms with Crippen molar-refractivity contribution in [3.05, 3.63) is 0 Å². The third-order valence-corrected chi connectivity index (χ3v) is 4.08. The second-order valence-corrected chi connectivity index (χ2v) is 6.49. The topological polar surface area (TPSA) is 49.4 Å². The van der Waals surface area contributed by atoms with Gasteiger partial charge in [0.15, 0.2) is 0 Å². The average molecular weight is 268 g/mol. The third kappa shape index (κ3) is 3.28. The molecule has 1 fully saturated rings. The summed E-state index contributed by atoms with van der Waals surface area (Å²) in [4.78, 5) is 26.7. The molecule has 0 saturated carbocycles. The van der Waals surface area contributed by atoms with Crippen molar-refractivity contribution in [2.45, 2.75) is 78.4 Å². The van der Waals surface area contributed by atoms with Gasteiger partial charge in [-0.2, -0.15) is 0 Å². The van der Waals surface area contributed by atoms with Gasteiger partial charge in [0.05, 0.1) is 0 Å². The summed E-state index contributed by atoms with van der Waals surface area (Å²) in [5.41, 5.74) is -0.273. The molecule has 0 bridgehead atoms. The van der Waals surface area contributed by atoms with E-state index in [1.54, 1.807) is 0 Å². The fraction of sp³-hybridized carbons (Fsp3) is 0.867. The summed E-state index contributed by atoms with van der Waals surface area (Å²) in [6, 6.07) is -0.688. The summed E-state index contributed by atoms with van der Waals surface area (Å²) in [6.07, 6.45) is 2.21. The molecule has 1 saturated heterocycles. The summed E-state index contributed by atoms with van der Waals surface area (Å²) in [6.45, 7) is 12.2. The molecule has 0 radical (unpaired) electrons. The van der Waals surface area contributed by atoms with E-state index in [-0.39, 0.29) is 29.4 Å². The Morgan fingerprint density at radius 3 is 2.26 bits per heavy atom. The fourth-order valence-electron chi connectivity index (χ4n) is 2.66. The lowest BCUT2D eigenvalue weighted by Crippen LogP contribution is -2.68. The predicted octanol–water partition coefficient (Wildman–Crippen LogP) is 2.33. The van der Waals surface area contributed by atoms with Crippen molar-refractivity contribution in [3.8, 4) is 0 Å². The number of piperazine rings is 1. The van der Waals surface area contributed by atoms with Crippen LogP contribution in [-0.2, 0) is 9.59 Å². The van der Waals surface area contributed by atoms with E-state index in [0.717, 1.165) is 6.42 Å². The van der Waals surface area contributed by atoms with Crippen LogP contribution >= 0.6 is 0 Å². The fourth-order valence-corrected chi connectivity index (χ4v) is 2.66. The number of rotatable bonds is 5. The molecule has 2 atom stereocenters. The van der Waals surface area contributed by atoms with Crippen LogP contribution in [-0.4, -0.2) is 34.3 Å². The molecule has 0 aliphatic carbocycles. The molecular weight excluding hydrogens is 240 g/mol. The molecule has 110 valence electrons. The van der Waals surface area contributed by atoms with Crippen molar-refractivity contribution in [2.24, 2.45) is 5.92 Å². The summed E-state index contributed by atoms with van der Waals surface area (Å²) in [7, 11) is 0. The second kappa shape index (κ2) is 5.93. The van der Waals surface area contributed by atoms with Crippen LogP contribution in [0, 0.1) is 5.92 Å². The van der Waals surface area contributed by atoms with Crippen LogP contribution in [0.4, 0.5) is 0 Å². The normalized spacial score (nSPS) is 24.9. The minimum atomic E-state index is -0.360. The molecule has 4 heteroatoms. The Morgan fingerprint density at radius 1 is 1.26 bits per heavy atom. The Labute approximate surface area is 116 Å². The van der Waals surface area contributed by atoms with E-state index >= 15 is 0 Å². The maximum absolute atomic E-state index is 12.7. The Morgan fingerprint density at radius 2 is 1.84 bits per heavy atom. The molecule has 1 rings (SSSR count). The minimum absolute atomic E-state index is 0.00530. The van der Waals surface area contributed by atoms with Crippen LogP contribution in [0.2, 0.25) is 0 Å². The predicted molar refractivity (Wildman–Crippen MR) is 76.7 cm³/mol. The number of carbonyl (C=O) groups is 2. The second-order valence-electron chi connectivity index (χ2n) is 6.49. The molecule has 2 amide bonds. The molecule has 2 unspecified atom stereocenters. The smallest absolute Gasteiger partial charge is 0.246 e. The summed E-state index contributed by atoms with van der Waals surface area (Å²) >= 11 is 0. The van der Waals surface area contributed by atoms with Gasteiger partial charge in [0.1, 0.15) is 12.1 Å². The Kier molecular flexibility index (Phi) is 4.99. The van der Waals surface area contributed by atoms with Crippen LogP contribution in [0.1, 0.15) is 60.8 Å². The zero-order chi connectivity index (χ0) is 14.8. The first-order valence-electron chi connectivity index (χ1n) is 7.38. The van der Waals surface area contributed by atoms with Crippen LogP contribution in [0.5, 0.6) is 0 Å². The first-order chi connectivity index (χ1) is 8.74. The van der Waals surface area contributed by atoms with Gasteiger partial charge in [0, 0.05) is 5.54 Å². The van der Waals surface area contributed by atoms with Crippen molar-refractivity contribution in [2.75, 3.05) is 0 Å². The standard InChI is InChI=1S/C15H28N2O2/c1-7-12-13(18)16-11(9-10(3)4)14(19)17(12)15(5,6)8-2/h10-12H,7-9H2,1-6H3,(H,16,18). The van der Waals surface area contributed by atoms with E-state index in [1.807, 2.05) is 25.7 Å². The van der Waals surface area contributed by atoms with Gasteiger partial charge in [0.2, 0.25) is 11.8 Å². The van der Waals surface area contributed by atoms with Crippen LogP contribution < -0.4 is 5.32 Å². The van der Waals surface area contributed by atoms with Crippen molar-refractivity contribution < 1.29 is 9.59 Å². The summed E-state index contributed by atoms with van der Waals surface area (Å²) in [5.74, 6) is 0.459. The summed E-state index contributed by atoms with van der Waals surface area (Å²) in [5, 5.41) is 2.89. The number of carbonyl (C=O) groups excluding carboxylic acids is 2. The largest absolute Gasteiger partial charge is 0.342 e. The number of hydrogen-bond donors (Lipinski definition) is 1. The number of hydrogen-bond acceptors (Lipinski definition) is 2. The number of nitrogens with zero attached hydrogens (tertiary/aromatic N) is 1. The maximum Gasteiger partial charge on any atom is 0.246 e. The van der Waals surface area contributed by atoms with E-state index < -0.39 is 0 Å². The molecule has 0 spiro atoms. The SMILES string of the molecule is CCC1C(=O)NC(CC(C)C)C(=O)N1C(C)(C)CC. The highest BCUT2D eigenvalue weighted by Gasteiger charge is 2.45. The van der Waals surface area contributed by atoms with Gasteiger partial charge < -0.3 is 10.2 Å². The maximum atomic E-state index is 12.7.